The fourth-order valence-electron chi connectivity index (χ4n) is 0.287. The van der Waals surface area contributed by atoms with Gasteiger partial charge in [-0.05, 0) is 9.92 Å². The van der Waals surface area contributed by atoms with E-state index in [4.69, 9.17) is 0 Å². The molecule has 0 fully saturated rings. The first-order valence-electron chi connectivity index (χ1n) is 1.80. The van der Waals surface area contributed by atoms with Crippen LogP contribution in [0.3, 0.4) is 0 Å². The molecule has 1 rings (SSSR count). The van der Waals surface area contributed by atoms with Gasteiger partial charge in [0.25, 0.3) is 0 Å². The number of nitro groups is 1. The number of hydrogen-bond acceptors (Lipinski definition) is 3. The first-order chi connectivity index (χ1) is 3.80. The van der Waals surface area contributed by atoms with Crippen LogP contribution < -0.4 is 5.32 Å². The lowest BCUT2D eigenvalue weighted by Crippen LogP contribution is -1.92. The number of rotatable bonds is 1. The normalized spacial score (nSPS) is 15.2. The van der Waals surface area contributed by atoms with E-state index in [9.17, 15) is 10.1 Å². The van der Waals surface area contributed by atoms with Crippen LogP contribution in [0.15, 0.2) is 10.8 Å². The first-order valence-corrected chi connectivity index (χ1v) is 1.80. The summed E-state index contributed by atoms with van der Waals surface area (Å²) in [4.78, 5) is 12.3. The molecule has 0 aromatic heterocycles. The SMILES string of the molecule is O=[N+]([O-])C1=[C][N]C=N1. The van der Waals surface area contributed by atoms with Crippen molar-refractivity contribution in [3.63, 3.8) is 0 Å². The molecule has 0 N–H and O–H groups in total. The fraction of sp³-hybridized carbons (Fsp3) is 0. The summed E-state index contributed by atoms with van der Waals surface area (Å²) in [6, 6.07) is 0. The zero-order chi connectivity index (χ0) is 5.98. The first kappa shape index (κ1) is 4.76. The van der Waals surface area contributed by atoms with Gasteiger partial charge < -0.3 is 10.1 Å². The Morgan fingerprint density at radius 1 is 1.88 bits per heavy atom. The van der Waals surface area contributed by atoms with Crippen LogP contribution in [0, 0.1) is 16.3 Å². The average molecular weight is 111 g/mol. The fourth-order valence-corrected chi connectivity index (χ4v) is 0.287. The third-order valence-electron chi connectivity index (χ3n) is 0.575. The van der Waals surface area contributed by atoms with Gasteiger partial charge in [0.15, 0.2) is 6.20 Å². The third-order valence-corrected chi connectivity index (χ3v) is 0.575. The second kappa shape index (κ2) is 1.61. The molecule has 0 saturated heterocycles. The molecule has 0 unspecified atom stereocenters. The highest BCUT2D eigenvalue weighted by molar-refractivity contribution is 5.58. The number of aliphatic imine (C=N–C) groups is 1. The van der Waals surface area contributed by atoms with Crippen molar-refractivity contribution in [3.05, 3.63) is 22.1 Å². The monoisotopic (exact) mass is 111 g/mol. The smallest absolute Gasteiger partial charge is 0.358 e. The molecule has 8 heavy (non-hydrogen) atoms. The van der Waals surface area contributed by atoms with E-state index in [0.29, 0.717) is 0 Å². The molecule has 5 nitrogen and oxygen atoms in total. The number of nitrogens with zero attached hydrogens (tertiary/aromatic N) is 3. The summed E-state index contributed by atoms with van der Waals surface area (Å²) in [7, 11) is 0. The minimum Gasteiger partial charge on any atom is -0.358 e. The maximum absolute atomic E-state index is 9.73. The third kappa shape index (κ3) is 0.651. The van der Waals surface area contributed by atoms with Crippen molar-refractivity contribution in [2.75, 3.05) is 0 Å². The van der Waals surface area contributed by atoms with E-state index in [2.05, 4.69) is 16.5 Å². The van der Waals surface area contributed by atoms with Crippen LogP contribution in [0.5, 0.6) is 0 Å². The van der Waals surface area contributed by atoms with E-state index < -0.39 is 4.92 Å². The van der Waals surface area contributed by atoms with Gasteiger partial charge in [-0.3, -0.25) is 0 Å². The summed E-state index contributed by atoms with van der Waals surface area (Å²) in [5, 5.41) is 13.0. The Balaban J connectivity index is 2.72. The van der Waals surface area contributed by atoms with Gasteiger partial charge in [-0.25, -0.2) is 5.32 Å². The molecule has 40 valence electrons. The number of hydrogen-bond donors (Lipinski definition) is 0. The topological polar surface area (TPSA) is 69.6 Å². The molecular formula is C3HN3O2. The second-order valence-electron chi connectivity index (χ2n) is 1.07. The summed E-state index contributed by atoms with van der Waals surface area (Å²) in [5.41, 5.74) is 0. The molecule has 0 amide bonds. The molecule has 0 aromatic carbocycles. The minimum atomic E-state index is -0.646. The van der Waals surface area contributed by atoms with Crippen LogP contribution in [0.2, 0.25) is 0 Å². The van der Waals surface area contributed by atoms with Crippen molar-refractivity contribution in [2.45, 2.75) is 0 Å². The Hall–Kier alpha value is -1.39. The highest BCUT2D eigenvalue weighted by atomic mass is 16.6. The lowest BCUT2D eigenvalue weighted by atomic mass is 10.8. The van der Waals surface area contributed by atoms with Crippen LogP contribution in [0.1, 0.15) is 0 Å². The molecular weight excluding hydrogens is 110 g/mol. The van der Waals surface area contributed by atoms with Crippen molar-refractivity contribution in [2.24, 2.45) is 4.99 Å². The average Bonchev–Trinajstić information content (AvgIpc) is 2.12. The summed E-state index contributed by atoms with van der Waals surface area (Å²) >= 11 is 0. The quantitative estimate of drug-likeness (QED) is 0.338. The van der Waals surface area contributed by atoms with E-state index in [1.807, 2.05) is 0 Å². The van der Waals surface area contributed by atoms with Crippen LogP contribution in [-0.4, -0.2) is 11.3 Å². The van der Waals surface area contributed by atoms with Crippen LogP contribution in [-0.2, 0) is 0 Å². The molecule has 1 heterocycles. The van der Waals surface area contributed by atoms with Gasteiger partial charge in [0, 0.05) is 0 Å². The highest BCUT2D eigenvalue weighted by Crippen LogP contribution is 1.96. The van der Waals surface area contributed by atoms with Crippen LogP contribution in [0.4, 0.5) is 0 Å². The summed E-state index contributed by atoms with van der Waals surface area (Å²) < 4.78 is 0. The summed E-state index contributed by atoms with van der Waals surface area (Å²) in [5.74, 6) is -0.329. The van der Waals surface area contributed by atoms with Gasteiger partial charge in [0.2, 0.25) is 6.34 Å². The van der Waals surface area contributed by atoms with Gasteiger partial charge >= 0.3 is 5.82 Å². The molecule has 0 saturated carbocycles. The Kier molecular flexibility index (Phi) is 0.957. The van der Waals surface area contributed by atoms with Crippen molar-refractivity contribution < 1.29 is 4.92 Å². The van der Waals surface area contributed by atoms with Crippen molar-refractivity contribution >= 4 is 6.34 Å². The summed E-state index contributed by atoms with van der Waals surface area (Å²) in [6.07, 6.45) is 3.16. The zero-order valence-electron chi connectivity index (χ0n) is 3.74. The van der Waals surface area contributed by atoms with Gasteiger partial charge in [-0.15, -0.1) is 0 Å². The molecule has 1 aliphatic rings. The Morgan fingerprint density at radius 2 is 2.62 bits per heavy atom. The Bertz CT molecular complexity index is 171. The molecule has 0 aliphatic carbocycles. The van der Waals surface area contributed by atoms with E-state index in [0.717, 1.165) is 6.34 Å². The lowest BCUT2D eigenvalue weighted by Gasteiger charge is -1.82. The largest absolute Gasteiger partial charge is 0.393 e. The van der Waals surface area contributed by atoms with Gasteiger partial charge in [-0.2, -0.15) is 0 Å². The Labute approximate surface area is 44.9 Å². The predicted octanol–water partition coefficient (Wildman–Crippen LogP) is -0.489. The molecule has 0 atom stereocenters. The van der Waals surface area contributed by atoms with Crippen LogP contribution >= 0.6 is 0 Å². The second-order valence-corrected chi connectivity index (χ2v) is 1.07. The molecule has 5 heteroatoms. The molecule has 0 bridgehead atoms. The zero-order valence-corrected chi connectivity index (χ0v) is 3.74. The summed E-state index contributed by atoms with van der Waals surface area (Å²) in [6.45, 7) is 0. The molecule has 0 aromatic rings. The lowest BCUT2D eigenvalue weighted by molar-refractivity contribution is -0.426. The maximum Gasteiger partial charge on any atom is 0.393 e. The van der Waals surface area contributed by atoms with Crippen LogP contribution in [0.25, 0.3) is 0 Å². The standard InChI is InChI=1S/C3HN3O2/c7-6(8)3-1-4-2-5-3/h2H. The van der Waals surface area contributed by atoms with Crippen molar-refractivity contribution in [3.8, 4) is 0 Å². The van der Waals surface area contributed by atoms with E-state index in [1.54, 1.807) is 0 Å². The predicted molar refractivity (Wildman–Crippen MR) is 24.4 cm³/mol. The van der Waals surface area contributed by atoms with E-state index >= 15 is 0 Å². The molecule has 2 radical (unpaired) electrons. The van der Waals surface area contributed by atoms with Gasteiger partial charge in [0.1, 0.15) is 0 Å². The molecule has 0 spiro atoms. The maximum atomic E-state index is 9.73. The minimum absolute atomic E-state index is 0.329. The van der Waals surface area contributed by atoms with Crippen molar-refractivity contribution in [1.29, 1.82) is 0 Å². The van der Waals surface area contributed by atoms with E-state index in [1.165, 1.54) is 0 Å². The van der Waals surface area contributed by atoms with E-state index in [-0.39, 0.29) is 5.82 Å². The van der Waals surface area contributed by atoms with Gasteiger partial charge in [-0.1, -0.05) is 0 Å². The Morgan fingerprint density at radius 3 is 2.88 bits per heavy atom. The van der Waals surface area contributed by atoms with Crippen molar-refractivity contribution in [1.82, 2.24) is 5.32 Å². The van der Waals surface area contributed by atoms with Gasteiger partial charge in [0.05, 0.1) is 0 Å². The highest BCUT2D eigenvalue weighted by Gasteiger charge is 2.12. The molecule has 1 aliphatic heterocycles.